The van der Waals surface area contributed by atoms with E-state index in [0.717, 1.165) is 40.3 Å². The molecule has 1 N–H and O–H groups in total. The minimum Gasteiger partial charge on any atom is -0.324 e. The van der Waals surface area contributed by atoms with Gasteiger partial charge in [-0.15, -0.1) is 11.3 Å². The Kier molecular flexibility index (Phi) is 4.94. The van der Waals surface area contributed by atoms with E-state index in [2.05, 4.69) is 17.2 Å². The molecule has 1 atom stereocenters. The summed E-state index contributed by atoms with van der Waals surface area (Å²) < 4.78 is 40.5. The van der Waals surface area contributed by atoms with Crippen LogP contribution in [0.1, 0.15) is 29.3 Å². The van der Waals surface area contributed by atoms with E-state index in [9.17, 15) is 22.8 Å². The van der Waals surface area contributed by atoms with Crippen LogP contribution >= 0.6 is 11.3 Å². The van der Waals surface area contributed by atoms with Crippen molar-refractivity contribution in [2.75, 3.05) is 5.32 Å². The number of amides is 1. The molecule has 0 radical (unpaired) electrons. The number of nitrogens with one attached hydrogen (secondary N) is 1. The van der Waals surface area contributed by atoms with Crippen molar-refractivity contribution in [3.8, 4) is 0 Å². The van der Waals surface area contributed by atoms with E-state index in [0.29, 0.717) is 16.1 Å². The highest BCUT2D eigenvalue weighted by molar-refractivity contribution is 7.18. The van der Waals surface area contributed by atoms with Crippen LogP contribution in [0.4, 0.5) is 18.9 Å². The number of halogens is 3. The van der Waals surface area contributed by atoms with E-state index in [1.165, 1.54) is 35.9 Å². The van der Waals surface area contributed by atoms with Gasteiger partial charge >= 0.3 is 6.18 Å². The van der Waals surface area contributed by atoms with Gasteiger partial charge in [0.25, 0.3) is 5.56 Å². The zero-order valence-corrected chi connectivity index (χ0v) is 16.4. The van der Waals surface area contributed by atoms with Gasteiger partial charge in [-0.2, -0.15) is 13.2 Å². The molecule has 1 aromatic carbocycles. The smallest absolute Gasteiger partial charge is 0.324 e. The van der Waals surface area contributed by atoms with Crippen LogP contribution in [0, 0.1) is 5.92 Å². The normalized spacial score (nSPS) is 16.6. The monoisotopic (exact) mass is 421 g/mol. The van der Waals surface area contributed by atoms with Crippen molar-refractivity contribution in [1.29, 1.82) is 0 Å². The standard InChI is InChI=1S/C20H18F3N3O2S/c1-11-6-7-12-15(8-11)29-18-17(12)19(28)26(10-24-18)9-16(27)25-14-5-3-2-4-13(14)20(21,22)23/h2-5,10-11H,6-9H2,1H3,(H,25,27). The van der Waals surface area contributed by atoms with Gasteiger partial charge in [0, 0.05) is 4.88 Å². The lowest BCUT2D eigenvalue weighted by atomic mass is 9.89. The minimum atomic E-state index is -4.59. The van der Waals surface area contributed by atoms with E-state index in [1.807, 2.05) is 0 Å². The van der Waals surface area contributed by atoms with Crippen LogP contribution in [-0.4, -0.2) is 15.5 Å². The summed E-state index contributed by atoms with van der Waals surface area (Å²) in [5, 5.41) is 2.79. The van der Waals surface area contributed by atoms with Gasteiger partial charge in [-0.05, 0) is 42.9 Å². The van der Waals surface area contributed by atoms with Crippen molar-refractivity contribution in [1.82, 2.24) is 9.55 Å². The number of carbonyl (C=O) groups excluding carboxylic acids is 1. The molecule has 9 heteroatoms. The minimum absolute atomic E-state index is 0.332. The highest BCUT2D eigenvalue weighted by Crippen LogP contribution is 2.36. The van der Waals surface area contributed by atoms with Gasteiger partial charge in [-0.25, -0.2) is 4.98 Å². The van der Waals surface area contributed by atoms with Crippen LogP contribution in [0.3, 0.4) is 0 Å². The summed E-state index contributed by atoms with van der Waals surface area (Å²) >= 11 is 1.50. The topological polar surface area (TPSA) is 64.0 Å². The molecule has 3 aromatic rings. The van der Waals surface area contributed by atoms with Gasteiger partial charge in [-0.1, -0.05) is 19.1 Å². The molecule has 0 fully saturated rings. The largest absolute Gasteiger partial charge is 0.418 e. The highest BCUT2D eigenvalue weighted by Gasteiger charge is 2.33. The predicted molar refractivity (Wildman–Crippen MR) is 105 cm³/mol. The van der Waals surface area contributed by atoms with Crippen molar-refractivity contribution in [2.45, 2.75) is 38.9 Å². The second-order valence-corrected chi connectivity index (χ2v) is 8.38. The first-order chi connectivity index (χ1) is 13.7. The van der Waals surface area contributed by atoms with Crippen molar-refractivity contribution in [3.63, 3.8) is 0 Å². The van der Waals surface area contributed by atoms with Gasteiger partial charge in [0.05, 0.1) is 23.0 Å². The van der Waals surface area contributed by atoms with Crippen LogP contribution in [0.5, 0.6) is 0 Å². The number of fused-ring (bicyclic) bond motifs is 3. The van der Waals surface area contributed by atoms with Gasteiger partial charge < -0.3 is 5.32 Å². The molecule has 1 amide bonds. The average molecular weight is 421 g/mol. The molecule has 152 valence electrons. The van der Waals surface area contributed by atoms with Crippen molar-refractivity contribution >= 4 is 33.1 Å². The summed E-state index contributed by atoms with van der Waals surface area (Å²) in [7, 11) is 0. The number of aromatic nitrogens is 2. The third-order valence-corrected chi connectivity index (χ3v) is 6.27. The van der Waals surface area contributed by atoms with E-state index in [-0.39, 0.29) is 11.2 Å². The summed E-state index contributed by atoms with van der Waals surface area (Å²) in [6.07, 6.45) is -0.617. The Bertz CT molecular complexity index is 1150. The molecule has 2 aromatic heterocycles. The van der Waals surface area contributed by atoms with Gasteiger partial charge in [0.1, 0.15) is 11.4 Å². The number of anilines is 1. The fourth-order valence-electron chi connectivity index (χ4n) is 3.66. The molecular weight excluding hydrogens is 403 g/mol. The number of alkyl halides is 3. The van der Waals surface area contributed by atoms with Crippen LogP contribution < -0.4 is 10.9 Å². The number of para-hydroxylation sites is 1. The summed E-state index contributed by atoms with van der Waals surface area (Å²) in [6.45, 7) is 1.76. The Hall–Kier alpha value is -2.68. The lowest BCUT2D eigenvalue weighted by molar-refractivity contribution is -0.137. The van der Waals surface area contributed by atoms with Crippen LogP contribution in [0.25, 0.3) is 10.2 Å². The Morgan fingerprint density at radius 2 is 2.10 bits per heavy atom. The summed E-state index contributed by atoms with van der Waals surface area (Å²) in [4.78, 5) is 31.4. The first kappa shape index (κ1) is 19.6. The quantitative estimate of drug-likeness (QED) is 0.688. The molecule has 29 heavy (non-hydrogen) atoms. The van der Waals surface area contributed by atoms with Crippen molar-refractivity contribution < 1.29 is 18.0 Å². The molecule has 0 saturated carbocycles. The molecule has 0 aliphatic heterocycles. The zero-order chi connectivity index (χ0) is 20.8. The van der Waals surface area contributed by atoms with Gasteiger partial charge in [0.15, 0.2) is 0 Å². The molecule has 0 saturated heterocycles. The van der Waals surface area contributed by atoms with E-state index >= 15 is 0 Å². The highest BCUT2D eigenvalue weighted by atomic mass is 32.1. The van der Waals surface area contributed by atoms with Crippen LogP contribution in [0.15, 0.2) is 35.4 Å². The molecule has 2 heterocycles. The third-order valence-electron chi connectivity index (χ3n) is 5.10. The molecule has 1 aliphatic rings. The Labute approximate surface area is 168 Å². The molecule has 1 unspecified atom stereocenters. The third kappa shape index (κ3) is 3.78. The van der Waals surface area contributed by atoms with E-state index < -0.39 is 24.2 Å². The van der Waals surface area contributed by atoms with Gasteiger partial charge in [-0.3, -0.25) is 14.2 Å². The Morgan fingerprint density at radius 3 is 2.86 bits per heavy atom. The molecule has 0 spiro atoms. The number of rotatable bonds is 3. The van der Waals surface area contributed by atoms with Crippen molar-refractivity contribution in [3.05, 3.63) is 57.0 Å². The van der Waals surface area contributed by atoms with E-state index in [1.54, 1.807) is 0 Å². The number of hydrogen-bond acceptors (Lipinski definition) is 4. The zero-order valence-electron chi connectivity index (χ0n) is 15.5. The van der Waals surface area contributed by atoms with Gasteiger partial charge in [0.2, 0.25) is 5.91 Å². The van der Waals surface area contributed by atoms with Crippen LogP contribution in [0.2, 0.25) is 0 Å². The first-order valence-electron chi connectivity index (χ1n) is 9.20. The van der Waals surface area contributed by atoms with Crippen molar-refractivity contribution in [2.24, 2.45) is 5.92 Å². The van der Waals surface area contributed by atoms with Crippen LogP contribution in [-0.2, 0) is 30.4 Å². The summed E-state index contributed by atoms with van der Waals surface area (Å²) in [6, 6.07) is 4.74. The molecule has 5 nitrogen and oxygen atoms in total. The number of aryl methyl sites for hydroxylation is 1. The average Bonchev–Trinajstić information content (AvgIpc) is 3.01. The Morgan fingerprint density at radius 1 is 1.34 bits per heavy atom. The molecule has 1 aliphatic carbocycles. The maximum Gasteiger partial charge on any atom is 0.418 e. The maximum absolute atomic E-state index is 13.1. The second kappa shape index (κ2) is 7.29. The fourth-order valence-corrected chi connectivity index (χ4v) is 5.00. The molecule has 4 rings (SSSR count). The second-order valence-electron chi connectivity index (χ2n) is 7.30. The van der Waals surface area contributed by atoms with E-state index in [4.69, 9.17) is 0 Å². The SMILES string of the molecule is CC1CCc2c(sc3ncn(CC(=O)Nc4ccccc4C(F)(F)F)c(=O)c23)C1. The first-order valence-corrected chi connectivity index (χ1v) is 10.0. The molecular formula is C20H18F3N3O2S. The number of benzene rings is 1. The summed E-state index contributed by atoms with van der Waals surface area (Å²) in [5.41, 5.74) is -0.608. The number of hydrogen-bond donors (Lipinski definition) is 1. The lowest BCUT2D eigenvalue weighted by Crippen LogP contribution is -2.28. The maximum atomic E-state index is 13.1. The number of thiophene rings is 1. The number of carbonyl (C=O) groups is 1. The Balaban J connectivity index is 1.61. The number of nitrogens with zero attached hydrogens (tertiary/aromatic N) is 2. The fraction of sp³-hybridized carbons (Fsp3) is 0.350. The summed E-state index contributed by atoms with van der Waals surface area (Å²) in [5.74, 6) is -0.167. The lowest BCUT2D eigenvalue weighted by Gasteiger charge is -2.17. The molecule has 0 bridgehead atoms. The predicted octanol–water partition coefficient (Wildman–Crippen LogP) is 4.24.